The van der Waals surface area contributed by atoms with E-state index < -0.39 is 5.54 Å². The molecule has 3 aromatic heterocycles. The van der Waals surface area contributed by atoms with Gasteiger partial charge in [0.2, 0.25) is 5.95 Å². The van der Waals surface area contributed by atoms with Crippen LogP contribution >= 0.6 is 11.3 Å². The molecule has 1 aromatic carbocycles. The summed E-state index contributed by atoms with van der Waals surface area (Å²) in [4.78, 5) is 17.4. The molecule has 0 saturated carbocycles. The molecule has 0 aliphatic rings. The van der Waals surface area contributed by atoms with Crippen molar-refractivity contribution in [1.29, 1.82) is 0 Å². The van der Waals surface area contributed by atoms with E-state index in [1.54, 1.807) is 16.6 Å². The number of nitrogen functional groups attached to an aromatic ring is 1. The van der Waals surface area contributed by atoms with Crippen molar-refractivity contribution in [3.05, 3.63) is 70.3 Å². The third kappa shape index (κ3) is 3.46. The van der Waals surface area contributed by atoms with Crippen molar-refractivity contribution in [1.82, 2.24) is 19.9 Å². The van der Waals surface area contributed by atoms with E-state index in [0.717, 1.165) is 16.7 Å². The van der Waals surface area contributed by atoms with Crippen molar-refractivity contribution >= 4 is 28.8 Å². The summed E-state index contributed by atoms with van der Waals surface area (Å²) in [6.07, 6.45) is 1.82. The molecule has 0 radical (unpaired) electrons. The summed E-state index contributed by atoms with van der Waals surface area (Å²) < 4.78 is 14.8. The summed E-state index contributed by atoms with van der Waals surface area (Å²) >= 11 is 1.36. The van der Waals surface area contributed by atoms with E-state index in [9.17, 15) is 9.18 Å². The Hall–Kier alpha value is -3.26. The second kappa shape index (κ2) is 6.72. The number of nitrogens with zero attached hydrogens (tertiary/aromatic N) is 3. The van der Waals surface area contributed by atoms with E-state index in [-0.39, 0.29) is 17.7 Å². The summed E-state index contributed by atoms with van der Waals surface area (Å²) in [5, 5.41) is 9.04. The number of anilines is 1. The number of thiophene rings is 1. The number of nitrogens with one attached hydrogen (secondary N) is 1. The number of halogens is 1. The number of nitrogens with two attached hydrogens (primary N) is 1. The largest absolute Gasteiger partial charge is 0.366 e. The summed E-state index contributed by atoms with van der Waals surface area (Å²) in [7, 11) is 0. The highest BCUT2D eigenvalue weighted by Crippen LogP contribution is 2.27. The number of carbonyl (C=O) groups is 1. The minimum atomic E-state index is -0.633. The van der Waals surface area contributed by atoms with Gasteiger partial charge in [-0.3, -0.25) is 4.79 Å². The van der Waals surface area contributed by atoms with E-state index in [1.807, 2.05) is 43.6 Å². The Labute approximate surface area is 164 Å². The number of fused-ring (bicyclic) bond motifs is 1. The van der Waals surface area contributed by atoms with Crippen LogP contribution in [-0.4, -0.2) is 20.5 Å². The van der Waals surface area contributed by atoms with Crippen LogP contribution in [0.5, 0.6) is 0 Å². The van der Waals surface area contributed by atoms with Gasteiger partial charge in [0.25, 0.3) is 5.91 Å². The smallest absolute Gasteiger partial charge is 0.262 e. The molecule has 6 nitrogen and oxygen atoms in total. The van der Waals surface area contributed by atoms with Crippen LogP contribution in [0.1, 0.15) is 29.1 Å². The Morgan fingerprint density at radius 2 is 1.93 bits per heavy atom. The maximum atomic E-state index is 13.2. The summed E-state index contributed by atoms with van der Waals surface area (Å²) in [5.74, 6) is -0.276. The van der Waals surface area contributed by atoms with Crippen molar-refractivity contribution in [3.8, 4) is 11.1 Å². The van der Waals surface area contributed by atoms with Gasteiger partial charge in [-0.1, -0.05) is 12.1 Å². The zero-order valence-corrected chi connectivity index (χ0v) is 16.1. The molecule has 4 aromatic rings. The number of carbonyl (C=O) groups excluding carboxylic acids is 1. The molecule has 0 saturated heterocycles. The van der Waals surface area contributed by atoms with E-state index in [1.165, 1.54) is 23.5 Å². The van der Waals surface area contributed by atoms with Crippen LogP contribution in [0.2, 0.25) is 0 Å². The molecule has 3 N–H and O–H groups in total. The molecule has 0 fully saturated rings. The number of aromatic nitrogens is 3. The second-order valence-electron chi connectivity index (χ2n) is 6.98. The average Bonchev–Trinajstić information content (AvgIpc) is 3.26. The molecular formula is C20H18FN5OS. The van der Waals surface area contributed by atoms with E-state index in [2.05, 4.69) is 15.4 Å². The van der Waals surface area contributed by atoms with Crippen LogP contribution in [0.3, 0.4) is 0 Å². The third-order valence-electron chi connectivity index (χ3n) is 4.50. The van der Waals surface area contributed by atoms with E-state index in [0.29, 0.717) is 10.5 Å². The van der Waals surface area contributed by atoms with Gasteiger partial charge < -0.3 is 11.1 Å². The zero-order valence-electron chi connectivity index (χ0n) is 15.3. The molecule has 3 heterocycles. The molecule has 0 spiro atoms. The average molecular weight is 395 g/mol. The Morgan fingerprint density at radius 1 is 1.18 bits per heavy atom. The topological polar surface area (TPSA) is 85.3 Å². The first kappa shape index (κ1) is 18.1. The first-order valence-corrected chi connectivity index (χ1v) is 9.49. The van der Waals surface area contributed by atoms with Gasteiger partial charge in [0, 0.05) is 11.8 Å². The maximum absolute atomic E-state index is 13.2. The van der Waals surface area contributed by atoms with Gasteiger partial charge in [-0.25, -0.2) is 8.91 Å². The van der Waals surface area contributed by atoms with Gasteiger partial charge in [-0.2, -0.15) is 4.98 Å². The van der Waals surface area contributed by atoms with E-state index in [4.69, 9.17) is 5.73 Å². The first-order valence-electron chi connectivity index (χ1n) is 8.61. The van der Waals surface area contributed by atoms with Crippen LogP contribution < -0.4 is 11.1 Å². The summed E-state index contributed by atoms with van der Waals surface area (Å²) in [6.45, 7) is 3.77. The number of amides is 1. The van der Waals surface area contributed by atoms with Crippen LogP contribution in [0.25, 0.3) is 16.8 Å². The monoisotopic (exact) mass is 395 g/mol. The van der Waals surface area contributed by atoms with Crippen molar-refractivity contribution in [2.45, 2.75) is 19.4 Å². The maximum Gasteiger partial charge on any atom is 0.262 e. The highest BCUT2D eigenvalue weighted by atomic mass is 32.1. The lowest BCUT2D eigenvalue weighted by atomic mass is 9.94. The lowest BCUT2D eigenvalue weighted by Crippen LogP contribution is -2.40. The normalized spacial score (nSPS) is 11.7. The minimum absolute atomic E-state index is 0.184. The SMILES string of the molecule is CC(C)(NC(=O)c1cc(-c2ccc3nc(N)nn3c2)cs1)c1ccc(F)cc1. The number of hydrogen-bond donors (Lipinski definition) is 2. The molecule has 4 rings (SSSR count). The molecule has 0 unspecified atom stereocenters. The number of pyridine rings is 1. The standard InChI is InChI=1S/C20H18FN5OS/c1-20(2,14-4-6-15(21)7-5-14)24-18(27)16-9-13(11-28-16)12-3-8-17-23-19(22)25-26(17)10-12/h3-11H,1-2H3,(H2,22,25)(H,24,27). The quantitative estimate of drug-likeness (QED) is 0.550. The zero-order chi connectivity index (χ0) is 19.9. The van der Waals surface area contributed by atoms with Crippen molar-refractivity contribution in [2.24, 2.45) is 0 Å². The van der Waals surface area contributed by atoms with Gasteiger partial charge in [0.1, 0.15) is 5.82 Å². The lowest BCUT2D eigenvalue weighted by molar-refractivity contribution is 0.0916. The fraction of sp³-hybridized carbons (Fsp3) is 0.150. The minimum Gasteiger partial charge on any atom is -0.366 e. The fourth-order valence-corrected chi connectivity index (χ4v) is 3.77. The Balaban J connectivity index is 1.55. The van der Waals surface area contributed by atoms with Crippen LogP contribution in [0, 0.1) is 5.82 Å². The van der Waals surface area contributed by atoms with Gasteiger partial charge in [-0.05, 0) is 60.7 Å². The van der Waals surface area contributed by atoms with Gasteiger partial charge in [-0.15, -0.1) is 16.4 Å². The predicted octanol–water partition coefficient (Wildman–Crippen LogP) is 3.84. The van der Waals surface area contributed by atoms with Crippen molar-refractivity contribution in [2.75, 3.05) is 5.73 Å². The number of rotatable bonds is 4. The highest BCUT2D eigenvalue weighted by molar-refractivity contribution is 7.12. The molecule has 1 amide bonds. The van der Waals surface area contributed by atoms with Gasteiger partial charge in [0.05, 0.1) is 10.4 Å². The molecular weight excluding hydrogens is 377 g/mol. The summed E-state index contributed by atoms with van der Waals surface area (Å²) in [5.41, 5.74) is 8.30. The lowest BCUT2D eigenvalue weighted by Gasteiger charge is -2.26. The van der Waals surface area contributed by atoms with Crippen LogP contribution in [0.15, 0.2) is 54.0 Å². The third-order valence-corrected chi connectivity index (χ3v) is 5.42. The second-order valence-corrected chi connectivity index (χ2v) is 7.89. The Bertz CT molecular complexity index is 1160. The molecule has 28 heavy (non-hydrogen) atoms. The fourth-order valence-electron chi connectivity index (χ4n) is 2.96. The molecule has 0 bridgehead atoms. The van der Waals surface area contributed by atoms with Gasteiger partial charge >= 0.3 is 0 Å². The molecule has 8 heteroatoms. The van der Waals surface area contributed by atoms with Gasteiger partial charge in [0.15, 0.2) is 5.65 Å². The van der Waals surface area contributed by atoms with Crippen molar-refractivity contribution in [3.63, 3.8) is 0 Å². The van der Waals surface area contributed by atoms with E-state index >= 15 is 0 Å². The first-order chi connectivity index (χ1) is 13.3. The number of benzene rings is 1. The molecule has 0 atom stereocenters. The summed E-state index contributed by atoms with van der Waals surface area (Å²) in [6, 6.07) is 11.7. The van der Waals surface area contributed by atoms with Crippen LogP contribution in [-0.2, 0) is 5.54 Å². The van der Waals surface area contributed by atoms with Crippen LogP contribution in [0.4, 0.5) is 10.3 Å². The number of hydrogen-bond acceptors (Lipinski definition) is 5. The predicted molar refractivity (Wildman–Crippen MR) is 108 cm³/mol. The Kier molecular flexibility index (Phi) is 4.35. The molecule has 142 valence electrons. The molecule has 0 aliphatic carbocycles. The van der Waals surface area contributed by atoms with Crippen molar-refractivity contribution < 1.29 is 9.18 Å². The highest BCUT2D eigenvalue weighted by Gasteiger charge is 2.24. The molecule has 0 aliphatic heterocycles. The Morgan fingerprint density at radius 3 is 2.68 bits per heavy atom.